The maximum Gasteiger partial charge on any atom is 0.280 e. The summed E-state index contributed by atoms with van der Waals surface area (Å²) in [6.45, 7) is 0. The monoisotopic (exact) mass is 320 g/mol. The summed E-state index contributed by atoms with van der Waals surface area (Å²) in [5.41, 5.74) is 5.69. The van der Waals surface area contributed by atoms with E-state index in [0.717, 1.165) is 0 Å². The van der Waals surface area contributed by atoms with Crippen LogP contribution in [-0.2, 0) is 21.1 Å². The molecule has 11 heavy (non-hydrogen) atoms. The largest absolute Gasteiger partial charge is 0.487 e. The zero-order valence-corrected chi connectivity index (χ0v) is 8.51. The normalized spacial score (nSPS) is 8.36. The third-order valence-corrected chi connectivity index (χ3v) is 1.13. The number of rotatable bonds is 1. The third kappa shape index (κ3) is 2.35. The molecule has 0 aromatic heterocycles. The molecule has 1 aromatic rings. The molecule has 0 unspecified atom stereocenters. The molecule has 1 rings (SSSR count). The summed E-state index contributed by atoms with van der Waals surface area (Å²) in [6, 6.07) is 7.04. The van der Waals surface area contributed by atoms with Crippen molar-refractivity contribution in [1.29, 1.82) is 0 Å². The molecule has 0 amide bonds. The van der Waals surface area contributed by atoms with Gasteiger partial charge in [0.15, 0.2) is 0 Å². The third-order valence-electron chi connectivity index (χ3n) is 1.13. The molecule has 4 heteroatoms. The van der Waals surface area contributed by atoms with Gasteiger partial charge in [0.25, 0.3) is 5.97 Å². The molecule has 0 saturated carbocycles. The van der Waals surface area contributed by atoms with Crippen LogP contribution in [-0.4, -0.2) is 11.1 Å². The fourth-order valence-electron chi connectivity index (χ4n) is 0.628. The van der Waals surface area contributed by atoms with E-state index in [1.807, 2.05) is 0 Å². The Balaban J connectivity index is 0.000001000. The van der Waals surface area contributed by atoms with Crippen molar-refractivity contribution in [3.8, 4) is 0 Å². The summed E-state index contributed by atoms with van der Waals surface area (Å²) >= 11 is 0. The fraction of sp³-hybridized carbons (Fsp3) is 0. The van der Waals surface area contributed by atoms with Gasteiger partial charge in [0, 0.05) is 21.1 Å². The Morgan fingerprint density at radius 1 is 1.64 bits per heavy atom. The van der Waals surface area contributed by atoms with Crippen molar-refractivity contribution in [1.82, 2.24) is 0 Å². The van der Waals surface area contributed by atoms with E-state index >= 15 is 0 Å². The fourth-order valence-corrected chi connectivity index (χ4v) is 0.628. The molecule has 0 atom stereocenters. The standard InChI is InChI=1S/C7H6NO2.W/c8-6-4-2-1-3-5(6)7(9)10;/h2-4H,8H2,(H,9,10);/q-1;. The van der Waals surface area contributed by atoms with Crippen LogP contribution in [0.3, 0.4) is 0 Å². The Kier molecular flexibility index (Phi) is 3.83. The predicted molar refractivity (Wildman–Crippen MR) is 36.6 cm³/mol. The average Bonchev–Trinajstić information content (AvgIpc) is 1.88. The van der Waals surface area contributed by atoms with Gasteiger partial charge in [-0.25, -0.2) is 0 Å². The molecule has 0 aliphatic heterocycles. The molecule has 1 aromatic carbocycles. The van der Waals surface area contributed by atoms with Crippen LogP contribution in [0.25, 0.3) is 0 Å². The Bertz CT molecular complexity index is 262. The van der Waals surface area contributed by atoms with Crippen LogP contribution >= 0.6 is 0 Å². The van der Waals surface area contributed by atoms with Crippen LogP contribution < -0.4 is 5.73 Å². The first kappa shape index (κ1) is 10.2. The first-order chi connectivity index (χ1) is 4.72. The summed E-state index contributed by atoms with van der Waals surface area (Å²) < 4.78 is 0. The van der Waals surface area contributed by atoms with Gasteiger partial charge in [-0.15, -0.1) is 6.07 Å². The zero-order chi connectivity index (χ0) is 7.56. The quantitative estimate of drug-likeness (QED) is 0.593. The van der Waals surface area contributed by atoms with E-state index < -0.39 is 5.97 Å². The number of nitrogens with two attached hydrogens (primary N) is 1. The maximum absolute atomic E-state index is 10.3. The van der Waals surface area contributed by atoms with Gasteiger partial charge in [0.05, 0.1) is 0 Å². The number of aromatic carboxylic acids is 1. The van der Waals surface area contributed by atoms with Gasteiger partial charge in [0.1, 0.15) is 0 Å². The topological polar surface area (TPSA) is 63.3 Å². The van der Waals surface area contributed by atoms with Crippen LogP contribution in [0, 0.1) is 6.07 Å². The van der Waals surface area contributed by atoms with Gasteiger partial charge in [-0.2, -0.15) is 18.2 Å². The van der Waals surface area contributed by atoms with Crippen molar-refractivity contribution >= 4 is 11.7 Å². The number of benzene rings is 1. The summed E-state index contributed by atoms with van der Waals surface area (Å²) in [5, 5.41) is 8.47. The minimum Gasteiger partial charge on any atom is -0.487 e. The smallest absolute Gasteiger partial charge is 0.280 e. The predicted octanol–water partition coefficient (Wildman–Crippen LogP) is 0.765. The number of carbonyl (C=O) groups is 1. The van der Waals surface area contributed by atoms with Crippen molar-refractivity contribution in [2.75, 3.05) is 5.73 Å². The minimum atomic E-state index is -1.02. The van der Waals surface area contributed by atoms with E-state index in [4.69, 9.17) is 10.8 Å². The summed E-state index contributed by atoms with van der Waals surface area (Å²) in [4.78, 5) is 10.3. The second kappa shape index (κ2) is 4.14. The molecule has 58 valence electrons. The molecular formula is C7H6NO2W-. The van der Waals surface area contributed by atoms with E-state index in [2.05, 4.69) is 6.07 Å². The van der Waals surface area contributed by atoms with Crippen molar-refractivity contribution < 1.29 is 31.0 Å². The molecule has 3 N–H and O–H groups in total. The maximum atomic E-state index is 10.3. The van der Waals surface area contributed by atoms with E-state index in [0.29, 0.717) is 0 Å². The van der Waals surface area contributed by atoms with Crippen LogP contribution in [0.15, 0.2) is 18.2 Å². The molecular weight excluding hydrogens is 314 g/mol. The molecule has 0 aliphatic carbocycles. The Labute approximate surface area is 78.5 Å². The van der Waals surface area contributed by atoms with Crippen molar-refractivity contribution in [3.63, 3.8) is 0 Å². The van der Waals surface area contributed by atoms with E-state index in [1.165, 1.54) is 12.1 Å². The number of anilines is 1. The average molecular weight is 320 g/mol. The summed E-state index contributed by atoms with van der Waals surface area (Å²) in [6.07, 6.45) is 0. The van der Waals surface area contributed by atoms with Crippen LogP contribution in [0.5, 0.6) is 0 Å². The molecule has 3 nitrogen and oxygen atoms in total. The number of hydrogen-bond acceptors (Lipinski definition) is 2. The molecule has 0 radical (unpaired) electrons. The van der Waals surface area contributed by atoms with Crippen molar-refractivity contribution in [2.24, 2.45) is 0 Å². The second-order valence-corrected chi connectivity index (χ2v) is 1.82. The van der Waals surface area contributed by atoms with E-state index in [1.54, 1.807) is 6.07 Å². The van der Waals surface area contributed by atoms with Gasteiger partial charge < -0.3 is 10.8 Å². The van der Waals surface area contributed by atoms with Crippen LogP contribution in [0.1, 0.15) is 10.4 Å². The minimum absolute atomic E-state index is 0. The molecule has 0 bridgehead atoms. The van der Waals surface area contributed by atoms with Gasteiger partial charge >= 0.3 is 0 Å². The van der Waals surface area contributed by atoms with Crippen molar-refractivity contribution in [3.05, 3.63) is 29.8 Å². The second-order valence-electron chi connectivity index (χ2n) is 1.82. The molecule has 0 heterocycles. The zero-order valence-electron chi connectivity index (χ0n) is 5.57. The molecule has 0 saturated heterocycles. The first-order valence-electron chi connectivity index (χ1n) is 2.70. The molecule has 0 aliphatic rings. The van der Waals surface area contributed by atoms with Crippen LogP contribution in [0.2, 0.25) is 0 Å². The number of hydrogen-bond donors (Lipinski definition) is 2. The Morgan fingerprint density at radius 2 is 2.27 bits per heavy atom. The SMILES string of the molecule is Nc1cc[c-]cc1C(=O)O.[W]. The molecule has 0 fully saturated rings. The number of carboxylic acids is 1. The van der Waals surface area contributed by atoms with Gasteiger partial charge in [-0.05, 0) is 5.56 Å². The number of nitrogen functional groups attached to an aromatic ring is 1. The Morgan fingerprint density at radius 3 is 2.64 bits per heavy atom. The molecule has 0 spiro atoms. The van der Waals surface area contributed by atoms with Gasteiger partial charge in [0.2, 0.25) is 0 Å². The number of carboxylic acid groups (broad SMARTS) is 1. The van der Waals surface area contributed by atoms with E-state index in [9.17, 15) is 4.79 Å². The van der Waals surface area contributed by atoms with E-state index in [-0.39, 0.29) is 32.3 Å². The summed E-state index contributed by atoms with van der Waals surface area (Å²) in [5.74, 6) is -1.02. The Hall–Kier alpha value is -0.822. The van der Waals surface area contributed by atoms with Crippen LogP contribution in [0.4, 0.5) is 5.69 Å². The first-order valence-corrected chi connectivity index (χ1v) is 2.70. The van der Waals surface area contributed by atoms with Crippen molar-refractivity contribution in [2.45, 2.75) is 0 Å². The van der Waals surface area contributed by atoms with Gasteiger partial charge in [-0.1, -0.05) is 5.69 Å². The van der Waals surface area contributed by atoms with Gasteiger partial charge in [-0.3, -0.25) is 4.79 Å². The summed E-state index contributed by atoms with van der Waals surface area (Å²) in [7, 11) is 0.